The Hall–Kier alpha value is -1.41. The van der Waals surface area contributed by atoms with E-state index in [2.05, 4.69) is 5.32 Å². The van der Waals surface area contributed by atoms with Gasteiger partial charge >= 0.3 is 0 Å². The minimum atomic E-state index is -1.94. The summed E-state index contributed by atoms with van der Waals surface area (Å²) in [5, 5.41) is 11.6. The number of aryl methyl sites for hydroxylation is 1. The van der Waals surface area contributed by atoms with Gasteiger partial charge in [0, 0.05) is 19.6 Å². The molecular formula is C20H29ClFN3O3. The number of para-hydroxylation sites is 1. The second-order valence-electron chi connectivity index (χ2n) is 8.39. The number of fused-ring (bicyclic) bond motifs is 1. The third-order valence-electron chi connectivity index (χ3n) is 5.34. The number of nitrogens with zero attached hydrogens (tertiary/aromatic N) is 1. The quantitative estimate of drug-likeness (QED) is 0.506. The molecule has 1 fully saturated rings. The maximum atomic E-state index is 15.6. The smallest absolute Gasteiger partial charge is 0.256 e. The molecule has 0 aromatic heterocycles. The number of nitrogens with one attached hydrogen (secondary N) is 1. The molecule has 2 aliphatic heterocycles. The fourth-order valence-electron chi connectivity index (χ4n) is 3.90. The van der Waals surface area contributed by atoms with Crippen LogP contribution in [0.15, 0.2) is 18.2 Å². The van der Waals surface area contributed by atoms with Crippen molar-refractivity contribution in [3.63, 3.8) is 0 Å². The number of carbonyl (C=O) groups excluding carboxylic acids is 1. The summed E-state index contributed by atoms with van der Waals surface area (Å²) < 4.78 is 21.2. The van der Waals surface area contributed by atoms with Crippen LogP contribution in [0.2, 0.25) is 0 Å². The zero-order valence-electron chi connectivity index (χ0n) is 16.4. The third-order valence-corrected chi connectivity index (χ3v) is 5.84. The van der Waals surface area contributed by atoms with E-state index in [1.54, 1.807) is 26.0 Å². The first-order valence-electron chi connectivity index (χ1n) is 9.69. The molecule has 0 spiro atoms. The van der Waals surface area contributed by atoms with Crippen LogP contribution in [0.3, 0.4) is 0 Å². The van der Waals surface area contributed by atoms with E-state index in [-0.39, 0.29) is 13.0 Å². The summed E-state index contributed by atoms with van der Waals surface area (Å²) in [6, 6.07) is 5.37. The highest BCUT2D eigenvalue weighted by Gasteiger charge is 2.48. The molecule has 1 amide bonds. The number of alkyl halides is 2. The summed E-state index contributed by atoms with van der Waals surface area (Å²) in [6.07, 6.45) is 0.574. The molecule has 156 valence electrons. The van der Waals surface area contributed by atoms with E-state index < -0.39 is 28.7 Å². The summed E-state index contributed by atoms with van der Waals surface area (Å²) in [6.45, 7) is 4.98. The molecule has 1 saturated heterocycles. The lowest BCUT2D eigenvalue weighted by molar-refractivity contribution is -0.0100. The molecule has 8 heteroatoms. The van der Waals surface area contributed by atoms with Gasteiger partial charge in [0.15, 0.2) is 5.67 Å². The summed E-state index contributed by atoms with van der Waals surface area (Å²) in [4.78, 5) is 14.7. The van der Waals surface area contributed by atoms with E-state index in [1.807, 2.05) is 11.0 Å². The lowest BCUT2D eigenvalue weighted by Crippen LogP contribution is -2.65. The second-order valence-corrected chi connectivity index (χ2v) is 8.92. The highest BCUT2D eigenvalue weighted by atomic mass is 35.5. The average molecular weight is 414 g/mol. The van der Waals surface area contributed by atoms with Gasteiger partial charge in [-0.2, -0.15) is 0 Å². The van der Waals surface area contributed by atoms with Crippen molar-refractivity contribution >= 4 is 17.5 Å². The number of ether oxygens (including phenoxy) is 1. The molecule has 3 rings (SSSR count). The van der Waals surface area contributed by atoms with Gasteiger partial charge in [0.1, 0.15) is 11.9 Å². The Balaban J connectivity index is 1.67. The summed E-state index contributed by atoms with van der Waals surface area (Å²) in [5.41, 5.74) is 4.56. The minimum absolute atomic E-state index is 0.0715. The standard InChI is InChI=1S/C20H29ClFN3O3/c1-19(2,27)12-25-9-8-20(22,15(21)11-25)18(23)24-17(26)14-7-3-5-13-6-4-10-28-16(13)14/h3,5,7,15,18,27H,4,6,8-12,23H2,1-2H3,(H,24,26). The largest absolute Gasteiger partial charge is 0.492 e. The Labute approximate surface area is 170 Å². The number of nitrogens with two attached hydrogens (primary N) is 1. The van der Waals surface area contributed by atoms with Crippen molar-refractivity contribution < 1.29 is 19.0 Å². The Morgan fingerprint density at radius 3 is 3.00 bits per heavy atom. The minimum Gasteiger partial charge on any atom is -0.492 e. The van der Waals surface area contributed by atoms with Crippen molar-refractivity contribution in [3.05, 3.63) is 29.3 Å². The second kappa shape index (κ2) is 8.14. The molecule has 0 saturated carbocycles. The molecule has 0 bridgehead atoms. The third kappa shape index (κ3) is 4.59. The fraction of sp³-hybridized carbons (Fsp3) is 0.650. The molecular weight excluding hydrogens is 385 g/mol. The topological polar surface area (TPSA) is 87.8 Å². The maximum Gasteiger partial charge on any atom is 0.256 e. The number of benzene rings is 1. The Morgan fingerprint density at radius 2 is 2.32 bits per heavy atom. The van der Waals surface area contributed by atoms with Crippen LogP contribution >= 0.6 is 11.6 Å². The number of rotatable bonds is 5. The van der Waals surface area contributed by atoms with Gasteiger partial charge in [-0.1, -0.05) is 12.1 Å². The lowest BCUT2D eigenvalue weighted by Gasteiger charge is -2.44. The zero-order valence-corrected chi connectivity index (χ0v) is 17.1. The highest BCUT2D eigenvalue weighted by Crippen LogP contribution is 2.34. The first-order chi connectivity index (χ1) is 13.1. The van der Waals surface area contributed by atoms with Crippen LogP contribution in [0.1, 0.15) is 42.6 Å². The van der Waals surface area contributed by atoms with Gasteiger partial charge in [0.05, 0.1) is 23.1 Å². The van der Waals surface area contributed by atoms with E-state index in [1.165, 1.54) is 0 Å². The van der Waals surface area contributed by atoms with Gasteiger partial charge in [-0.25, -0.2) is 4.39 Å². The molecule has 0 radical (unpaired) electrons. The number of β-amino-alcohol motifs (C(OH)–C–C–N with tert-alkyl or cyclic N) is 1. The van der Waals surface area contributed by atoms with Crippen molar-refractivity contribution in [2.45, 2.75) is 55.9 Å². The first-order valence-corrected chi connectivity index (χ1v) is 10.1. The molecule has 2 aliphatic rings. The van der Waals surface area contributed by atoms with Crippen molar-refractivity contribution in [2.75, 3.05) is 26.2 Å². The van der Waals surface area contributed by atoms with Crippen LogP contribution in [-0.4, -0.2) is 65.0 Å². The molecule has 1 aromatic carbocycles. The molecule has 4 N–H and O–H groups in total. The normalized spacial score (nSPS) is 26.9. The molecule has 3 unspecified atom stereocenters. The van der Waals surface area contributed by atoms with Gasteiger partial charge < -0.3 is 20.9 Å². The molecule has 1 aromatic rings. The monoisotopic (exact) mass is 413 g/mol. The van der Waals surface area contributed by atoms with Gasteiger partial charge in [0.25, 0.3) is 5.91 Å². The van der Waals surface area contributed by atoms with Gasteiger partial charge in [-0.3, -0.25) is 9.69 Å². The van der Waals surface area contributed by atoms with E-state index in [0.29, 0.717) is 31.0 Å². The van der Waals surface area contributed by atoms with Crippen molar-refractivity contribution in [1.29, 1.82) is 0 Å². The zero-order chi connectivity index (χ0) is 20.5. The maximum absolute atomic E-state index is 15.6. The van der Waals surface area contributed by atoms with Gasteiger partial charge in [-0.05, 0) is 44.7 Å². The van der Waals surface area contributed by atoms with E-state index >= 15 is 4.39 Å². The molecule has 3 atom stereocenters. The predicted molar refractivity (Wildman–Crippen MR) is 107 cm³/mol. The van der Waals surface area contributed by atoms with E-state index in [4.69, 9.17) is 22.1 Å². The van der Waals surface area contributed by atoms with Crippen molar-refractivity contribution in [1.82, 2.24) is 10.2 Å². The average Bonchev–Trinajstić information content (AvgIpc) is 2.63. The number of piperidine rings is 1. The molecule has 0 aliphatic carbocycles. The number of hydrogen-bond acceptors (Lipinski definition) is 5. The molecule has 2 heterocycles. The molecule has 28 heavy (non-hydrogen) atoms. The van der Waals surface area contributed by atoms with Crippen LogP contribution in [0, 0.1) is 0 Å². The highest BCUT2D eigenvalue weighted by molar-refractivity contribution is 6.21. The van der Waals surface area contributed by atoms with Gasteiger partial charge in [0.2, 0.25) is 0 Å². The Bertz CT molecular complexity index is 727. The number of amides is 1. The number of hydrogen-bond donors (Lipinski definition) is 3. The lowest BCUT2D eigenvalue weighted by atomic mass is 9.89. The van der Waals surface area contributed by atoms with Crippen LogP contribution in [0.5, 0.6) is 5.75 Å². The molecule has 6 nitrogen and oxygen atoms in total. The number of carbonyl (C=O) groups is 1. The summed E-state index contributed by atoms with van der Waals surface area (Å²) in [5.74, 6) is 0.0832. The summed E-state index contributed by atoms with van der Waals surface area (Å²) in [7, 11) is 0. The fourth-order valence-corrected chi connectivity index (χ4v) is 4.34. The van der Waals surface area contributed by atoms with Crippen LogP contribution in [0.4, 0.5) is 4.39 Å². The number of likely N-dealkylation sites (tertiary alicyclic amines) is 1. The van der Waals surface area contributed by atoms with Crippen LogP contribution < -0.4 is 15.8 Å². The number of halogens is 2. The Kier molecular flexibility index (Phi) is 6.20. The van der Waals surface area contributed by atoms with Crippen molar-refractivity contribution in [3.8, 4) is 5.75 Å². The number of aliphatic hydroxyl groups is 1. The SMILES string of the molecule is CC(C)(O)CN1CCC(F)(C(N)NC(=O)c2cccc3c2OCCC3)C(Cl)C1. The van der Waals surface area contributed by atoms with Crippen molar-refractivity contribution in [2.24, 2.45) is 5.73 Å². The summed E-state index contributed by atoms with van der Waals surface area (Å²) >= 11 is 6.33. The first kappa shape index (κ1) is 21.3. The van der Waals surface area contributed by atoms with Gasteiger partial charge in [-0.15, -0.1) is 11.6 Å². The van der Waals surface area contributed by atoms with Crippen LogP contribution in [0.25, 0.3) is 0 Å². The van der Waals surface area contributed by atoms with E-state index in [9.17, 15) is 9.90 Å². The predicted octanol–water partition coefficient (Wildman–Crippen LogP) is 1.82. The van der Waals surface area contributed by atoms with E-state index in [0.717, 1.165) is 18.4 Å². The van der Waals surface area contributed by atoms with Crippen LogP contribution in [-0.2, 0) is 6.42 Å². The Morgan fingerprint density at radius 1 is 1.57 bits per heavy atom.